The summed E-state index contributed by atoms with van der Waals surface area (Å²) >= 11 is 0. The molecule has 1 aromatic heterocycles. The number of likely N-dealkylation sites (tertiary alicyclic amines) is 2. The Bertz CT molecular complexity index is 1360. The van der Waals surface area contributed by atoms with Crippen LogP contribution in [0.2, 0.25) is 0 Å². The molecule has 10 nitrogen and oxygen atoms in total. The van der Waals surface area contributed by atoms with E-state index in [1.165, 1.54) is 0 Å². The maximum atomic E-state index is 13.9. The Morgan fingerprint density at radius 2 is 1.91 bits per heavy atom. The first-order chi connectivity index (χ1) is 21.0. The van der Waals surface area contributed by atoms with Crippen LogP contribution in [0.15, 0.2) is 24.3 Å². The summed E-state index contributed by atoms with van der Waals surface area (Å²) in [6.45, 7) is 8.83. The van der Waals surface area contributed by atoms with E-state index in [4.69, 9.17) is 9.47 Å². The average molecular weight is 612 g/mol. The first kappa shape index (κ1) is 33.2. The third-order valence-corrected chi connectivity index (χ3v) is 8.44. The van der Waals surface area contributed by atoms with Crippen molar-refractivity contribution in [3.05, 3.63) is 35.5 Å². The van der Waals surface area contributed by atoms with Crippen LogP contribution in [0.1, 0.15) is 77.5 Å². The van der Waals surface area contributed by atoms with E-state index < -0.39 is 30.4 Å². The van der Waals surface area contributed by atoms with E-state index in [9.17, 15) is 24.0 Å². The Morgan fingerprint density at radius 1 is 1.14 bits per heavy atom. The van der Waals surface area contributed by atoms with Crippen LogP contribution < -0.4 is 5.32 Å². The number of carbonyl (C=O) groups excluding carboxylic acids is 3. The molecule has 4 rings (SSSR count). The van der Waals surface area contributed by atoms with Crippen LogP contribution >= 0.6 is 0 Å². The van der Waals surface area contributed by atoms with Crippen LogP contribution in [0, 0.1) is 11.3 Å². The molecule has 240 valence electrons. The van der Waals surface area contributed by atoms with Gasteiger partial charge in [0.1, 0.15) is 18.3 Å². The number of alkyl carbamates (subject to hydrolysis) is 1. The number of benzene rings is 1. The van der Waals surface area contributed by atoms with Crippen LogP contribution in [0.3, 0.4) is 0 Å². The summed E-state index contributed by atoms with van der Waals surface area (Å²) in [4.78, 5) is 43.1. The summed E-state index contributed by atoms with van der Waals surface area (Å²) < 4.78 is 26.0. The van der Waals surface area contributed by atoms with Gasteiger partial charge in [-0.25, -0.2) is 14.0 Å². The maximum absolute atomic E-state index is 13.9. The van der Waals surface area contributed by atoms with E-state index in [-0.39, 0.29) is 31.1 Å². The molecule has 44 heavy (non-hydrogen) atoms. The molecule has 0 radical (unpaired) electrons. The Hall–Kier alpha value is -3.65. The van der Waals surface area contributed by atoms with Crippen molar-refractivity contribution in [2.24, 2.45) is 0 Å². The zero-order valence-electron chi connectivity index (χ0n) is 26.4. The molecule has 2 amide bonds. The second-order valence-corrected chi connectivity index (χ2v) is 12.7. The van der Waals surface area contributed by atoms with Crippen molar-refractivity contribution in [2.75, 3.05) is 32.9 Å². The van der Waals surface area contributed by atoms with Crippen molar-refractivity contribution in [3.63, 3.8) is 0 Å². The van der Waals surface area contributed by atoms with Crippen molar-refractivity contribution in [3.8, 4) is 6.07 Å². The van der Waals surface area contributed by atoms with Gasteiger partial charge in [-0.05, 0) is 103 Å². The van der Waals surface area contributed by atoms with Crippen molar-refractivity contribution in [1.82, 2.24) is 19.7 Å². The average Bonchev–Trinajstić information content (AvgIpc) is 3.72. The number of amides is 2. The van der Waals surface area contributed by atoms with E-state index in [1.807, 2.05) is 21.6 Å². The summed E-state index contributed by atoms with van der Waals surface area (Å²) in [7, 11) is 0. The number of nitrogens with one attached hydrogen (secondary N) is 1. The first-order valence-corrected chi connectivity index (χ1v) is 15.8. The molecule has 2 saturated heterocycles. The van der Waals surface area contributed by atoms with Gasteiger partial charge in [-0.2, -0.15) is 5.26 Å². The number of halogens is 1. The Kier molecular flexibility index (Phi) is 11.2. The number of hydrogen-bond acceptors (Lipinski definition) is 7. The lowest BCUT2D eigenvalue weighted by molar-refractivity contribution is -0.146. The second-order valence-electron chi connectivity index (χ2n) is 12.7. The lowest BCUT2D eigenvalue weighted by Gasteiger charge is -2.32. The number of carbonyl (C=O) groups is 3. The first-order valence-electron chi connectivity index (χ1n) is 15.8. The Labute approximate surface area is 259 Å². The topological polar surface area (TPSA) is 117 Å². The van der Waals surface area contributed by atoms with E-state index in [0.717, 1.165) is 55.2 Å². The number of esters is 1. The van der Waals surface area contributed by atoms with Gasteiger partial charge in [0.15, 0.2) is 0 Å². The molecule has 0 unspecified atom stereocenters. The fourth-order valence-corrected chi connectivity index (χ4v) is 6.48. The van der Waals surface area contributed by atoms with Crippen molar-refractivity contribution >= 4 is 28.9 Å². The fraction of sp³-hybridized carbons (Fsp3) is 0.636. The normalized spacial score (nSPS) is 19.6. The monoisotopic (exact) mass is 611 g/mol. The van der Waals surface area contributed by atoms with E-state index in [0.29, 0.717) is 31.5 Å². The van der Waals surface area contributed by atoms with Crippen molar-refractivity contribution in [2.45, 2.75) is 103 Å². The molecule has 0 bridgehead atoms. The highest BCUT2D eigenvalue weighted by atomic mass is 19.1. The quantitative estimate of drug-likeness (QED) is 0.345. The minimum absolute atomic E-state index is 0.0950. The predicted octanol–water partition coefficient (Wildman–Crippen LogP) is 4.72. The highest BCUT2D eigenvalue weighted by molar-refractivity contribution is 5.84. The largest absolute Gasteiger partial charge is 0.464 e. The number of nitriles is 1. The molecular formula is C33H46FN5O5. The number of nitrogens with zero attached hydrogens (tertiary/aromatic N) is 4. The molecule has 3 heterocycles. The third-order valence-electron chi connectivity index (χ3n) is 8.44. The highest BCUT2D eigenvalue weighted by Crippen LogP contribution is 2.29. The summed E-state index contributed by atoms with van der Waals surface area (Å²) in [5, 5.41) is 13.0. The number of rotatable bonds is 12. The number of alkyl halides is 1. The van der Waals surface area contributed by atoms with Gasteiger partial charge in [0.2, 0.25) is 5.91 Å². The Morgan fingerprint density at radius 3 is 2.61 bits per heavy atom. The van der Waals surface area contributed by atoms with Gasteiger partial charge in [0.25, 0.3) is 0 Å². The minimum Gasteiger partial charge on any atom is -0.464 e. The maximum Gasteiger partial charge on any atom is 0.408 e. The van der Waals surface area contributed by atoms with Gasteiger partial charge in [-0.3, -0.25) is 9.69 Å². The summed E-state index contributed by atoms with van der Waals surface area (Å²) in [5.74, 6) is -0.408. The zero-order valence-corrected chi connectivity index (χ0v) is 26.4. The van der Waals surface area contributed by atoms with Gasteiger partial charge in [0.05, 0.1) is 30.8 Å². The van der Waals surface area contributed by atoms with Gasteiger partial charge in [-0.15, -0.1) is 0 Å². The number of aromatic nitrogens is 1. The summed E-state index contributed by atoms with van der Waals surface area (Å²) in [6.07, 6.45) is 4.59. The van der Waals surface area contributed by atoms with Gasteiger partial charge in [0, 0.05) is 30.3 Å². The SMILES string of the molecule is CCOC(=O)[C@H](CCN1CCC[C@@H]1C(=O)N1CCC[C@H]1CCc1cc2ccc(C#N)cc2n1CCF)NC(=O)OC(C)(C)C. The van der Waals surface area contributed by atoms with E-state index >= 15 is 0 Å². The van der Waals surface area contributed by atoms with Crippen LogP contribution in [0.4, 0.5) is 9.18 Å². The molecule has 2 aliphatic rings. The number of hydrogen-bond donors (Lipinski definition) is 1. The molecule has 1 aromatic carbocycles. The van der Waals surface area contributed by atoms with Gasteiger partial charge in [-0.1, -0.05) is 6.07 Å². The standard InChI is InChI=1S/C33H46FN5O5/c1-5-43-31(41)27(36-32(42)44-33(2,3)4)14-18-37-16-7-9-28(37)30(40)39-17-6-8-25(39)12-13-26-21-24-11-10-23(22-35)20-29(24)38(26)19-15-34/h10-11,20-21,25,27-28H,5-9,12-19H2,1-4H3,(H,36,42)/t25-,27-,28+/m0/s1. The summed E-state index contributed by atoms with van der Waals surface area (Å²) in [5.41, 5.74) is 1.72. The molecule has 0 saturated carbocycles. The van der Waals surface area contributed by atoms with Gasteiger partial charge >= 0.3 is 12.1 Å². The smallest absolute Gasteiger partial charge is 0.408 e. The van der Waals surface area contributed by atoms with Crippen LogP contribution in [0.5, 0.6) is 0 Å². The summed E-state index contributed by atoms with van der Waals surface area (Å²) in [6, 6.07) is 8.67. The molecule has 11 heteroatoms. The highest BCUT2D eigenvalue weighted by Gasteiger charge is 2.38. The molecule has 3 atom stereocenters. The van der Waals surface area contributed by atoms with Gasteiger partial charge < -0.3 is 24.3 Å². The van der Waals surface area contributed by atoms with Crippen molar-refractivity contribution in [1.29, 1.82) is 5.26 Å². The number of ether oxygens (including phenoxy) is 2. The molecule has 0 spiro atoms. The molecule has 0 aliphatic carbocycles. The van der Waals surface area contributed by atoms with E-state index in [2.05, 4.69) is 22.4 Å². The molecule has 2 aliphatic heterocycles. The molecule has 2 aromatic rings. The molecule has 1 N–H and O–H groups in total. The molecule has 2 fully saturated rings. The lowest BCUT2D eigenvalue weighted by Crippen LogP contribution is -2.50. The Balaban J connectivity index is 1.39. The fourth-order valence-electron chi connectivity index (χ4n) is 6.48. The third kappa shape index (κ3) is 8.29. The van der Waals surface area contributed by atoms with Crippen molar-refractivity contribution < 1.29 is 28.2 Å². The van der Waals surface area contributed by atoms with Crippen LogP contribution in [0.25, 0.3) is 10.9 Å². The van der Waals surface area contributed by atoms with E-state index in [1.54, 1.807) is 33.8 Å². The lowest BCUT2D eigenvalue weighted by atomic mass is 10.1. The minimum atomic E-state index is -0.874. The number of aryl methyl sites for hydroxylation is 2. The predicted molar refractivity (Wildman–Crippen MR) is 165 cm³/mol. The number of fused-ring (bicyclic) bond motifs is 1. The van der Waals surface area contributed by atoms with Crippen LogP contribution in [-0.4, -0.2) is 89.0 Å². The zero-order chi connectivity index (χ0) is 31.9. The molecular weight excluding hydrogens is 565 g/mol. The van der Waals surface area contributed by atoms with Crippen LogP contribution in [-0.2, 0) is 32.0 Å². The second kappa shape index (κ2) is 14.9.